The number of carboxylic acids is 2. The first-order valence-corrected chi connectivity index (χ1v) is 10.7. The Bertz CT molecular complexity index is 1090. The number of carbonyl (C=O) groups is 4. The summed E-state index contributed by atoms with van der Waals surface area (Å²) in [6.45, 7) is 0.0848. The van der Waals surface area contributed by atoms with Gasteiger partial charge in [0.15, 0.2) is 6.04 Å². The lowest BCUT2D eigenvalue weighted by Crippen LogP contribution is -2.66. The number of aromatic hydroxyl groups is 1. The summed E-state index contributed by atoms with van der Waals surface area (Å²) >= 11 is 0. The molecule has 1 heterocycles. The SMILES string of the molecule is NC(CCOc1ccc(C(N)C(=O)NC2CN(C(C(=O)O)c3ccc(O)cc3)C2=O)cc1)C(=O)O. The largest absolute Gasteiger partial charge is 0.508 e. The average Bonchev–Trinajstić information content (AvgIpc) is 2.83. The molecule has 0 aliphatic carbocycles. The summed E-state index contributed by atoms with van der Waals surface area (Å²) in [6, 6.07) is 7.49. The number of rotatable bonds is 11. The molecule has 2 aromatic carbocycles. The van der Waals surface area contributed by atoms with Crippen LogP contribution in [0.25, 0.3) is 0 Å². The van der Waals surface area contributed by atoms with Crippen molar-refractivity contribution in [3.05, 3.63) is 59.7 Å². The first-order valence-electron chi connectivity index (χ1n) is 10.7. The molecular weight excluding hydrogens is 460 g/mol. The van der Waals surface area contributed by atoms with E-state index < -0.39 is 47.9 Å². The van der Waals surface area contributed by atoms with E-state index in [1.54, 1.807) is 24.3 Å². The van der Waals surface area contributed by atoms with E-state index in [9.17, 15) is 29.4 Å². The summed E-state index contributed by atoms with van der Waals surface area (Å²) in [7, 11) is 0. The van der Waals surface area contributed by atoms with Crippen LogP contribution < -0.4 is 21.5 Å². The van der Waals surface area contributed by atoms with Gasteiger partial charge in [0.05, 0.1) is 13.2 Å². The van der Waals surface area contributed by atoms with Crippen molar-refractivity contribution in [3.63, 3.8) is 0 Å². The zero-order valence-corrected chi connectivity index (χ0v) is 18.5. The Kier molecular flexibility index (Phi) is 7.89. The van der Waals surface area contributed by atoms with Crippen LogP contribution in [0.1, 0.15) is 29.6 Å². The molecule has 0 radical (unpaired) electrons. The average molecular weight is 486 g/mol. The van der Waals surface area contributed by atoms with Crippen molar-refractivity contribution >= 4 is 23.8 Å². The Morgan fingerprint density at radius 2 is 1.60 bits per heavy atom. The van der Waals surface area contributed by atoms with Gasteiger partial charge in [-0.3, -0.25) is 14.4 Å². The summed E-state index contributed by atoms with van der Waals surface area (Å²) < 4.78 is 5.43. The van der Waals surface area contributed by atoms with Gasteiger partial charge >= 0.3 is 11.9 Å². The molecule has 4 unspecified atom stereocenters. The quantitative estimate of drug-likeness (QED) is 0.229. The number of β-lactam (4-membered cyclic amide) rings is 1. The van der Waals surface area contributed by atoms with Gasteiger partial charge in [0, 0.05) is 6.42 Å². The van der Waals surface area contributed by atoms with Crippen molar-refractivity contribution in [2.24, 2.45) is 11.5 Å². The minimum absolute atomic E-state index is 0.0135. The second-order valence-corrected chi connectivity index (χ2v) is 8.01. The van der Waals surface area contributed by atoms with Crippen LogP contribution >= 0.6 is 0 Å². The first kappa shape index (κ1) is 25.5. The van der Waals surface area contributed by atoms with Gasteiger partial charge in [0.1, 0.15) is 29.6 Å². The van der Waals surface area contributed by atoms with E-state index in [-0.39, 0.29) is 25.3 Å². The molecule has 1 aliphatic heterocycles. The molecule has 8 N–H and O–H groups in total. The summed E-state index contributed by atoms with van der Waals surface area (Å²) in [5, 5.41) is 30.3. The van der Waals surface area contributed by atoms with E-state index in [1.807, 2.05) is 0 Å². The number of nitrogens with one attached hydrogen (secondary N) is 1. The van der Waals surface area contributed by atoms with E-state index in [2.05, 4.69) is 5.32 Å². The number of nitrogens with zero attached hydrogens (tertiary/aromatic N) is 1. The fraction of sp³-hybridized carbons (Fsp3) is 0.304. The predicted octanol–water partition coefficient (Wildman–Crippen LogP) is -0.274. The standard InChI is InChI=1S/C23H26N4O8/c24-16(22(31)32)9-10-35-15-7-3-12(4-8-15)18(25)20(29)26-17-11-27(21(17)30)19(23(33)34)13-1-5-14(28)6-2-13/h1-8,16-19,28H,9-11,24-25H2,(H,26,29)(H,31,32)(H,33,34). The number of ether oxygens (including phenoxy) is 1. The highest BCUT2D eigenvalue weighted by molar-refractivity contribution is 5.96. The van der Waals surface area contributed by atoms with Crippen LogP contribution in [0, 0.1) is 0 Å². The molecule has 186 valence electrons. The predicted molar refractivity (Wildman–Crippen MR) is 121 cm³/mol. The molecule has 1 fully saturated rings. The molecular formula is C23H26N4O8. The summed E-state index contributed by atoms with van der Waals surface area (Å²) in [4.78, 5) is 48.7. The van der Waals surface area contributed by atoms with Gasteiger partial charge in [0.25, 0.3) is 0 Å². The van der Waals surface area contributed by atoms with E-state index in [0.29, 0.717) is 16.9 Å². The van der Waals surface area contributed by atoms with Gasteiger partial charge in [-0.25, -0.2) is 4.79 Å². The number of likely N-dealkylation sites (tertiary alicyclic amines) is 1. The number of benzene rings is 2. The maximum atomic E-state index is 12.6. The fourth-order valence-corrected chi connectivity index (χ4v) is 3.52. The van der Waals surface area contributed by atoms with Crippen LogP contribution in [0.4, 0.5) is 0 Å². The van der Waals surface area contributed by atoms with E-state index >= 15 is 0 Å². The highest BCUT2D eigenvalue weighted by atomic mass is 16.5. The van der Waals surface area contributed by atoms with Crippen molar-refractivity contribution in [1.82, 2.24) is 10.2 Å². The van der Waals surface area contributed by atoms with Crippen molar-refractivity contribution in [2.75, 3.05) is 13.2 Å². The fourth-order valence-electron chi connectivity index (χ4n) is 3.52. The van der Waals surface area contributed by atoms with E-state index in [1.165, 1.54) is 24.3 Å². The highest BCUT2D eigenvalue weighted by Crippen LogP contribution is 2.29. The molecule has 0 spiro atoms. The minimum Gasteiger partial charge on any atom is -0.508 e. The summed E-state index contributed by atoms with van der Waals surface area (Å²) in [5.41, 5.74) is 12.2. The van der Waals surface area contributed by atoms with Crippen molar-refractivity contribution < 1.29 is 39.2 Å². The number of hydrogen-bond donors (Lipinski definition) is 6. The normalized spacial score (nSPS) is 17.6. The van der Waals surface area contributed by atoms with Crippen LogP contribution in [-0.2, 0) is 19.2 Å². The molecule has 35 heavy (non-hydrogen) atoms. The Balaban J connectivity index is 1.53. The molecule has 1 saturated heterocycles. The third kappa shape index (κ3) is 6.05. The highest BCUT2D eigenvalue weighted by Gasteiger charge is 2.45. The lowest BCUT2D eigenvalue weighted by atomic mass is 9.97. The summed E-state index contributed by atoms with van der Waals surface area (Å²) in [5.74, 6) is -3.12. The third-order valence-electron chi connectivity index (χ3n) is 5.57. The van der Waals surface area contributed by atoms with Crippen molar-refractivity contribution in [2.45, 2.75) is 30.6 Å². The maximum Gasteiger partial charge on any atom is 0.331 e. The van der Waals surface area contributed by atoms with Gasteiger partial charge in [-0.15, -0.1) is 0 Å². The number of phenols is 1. The number of carboxylic acid groups (broad SMARTS) is 2. The molecule has 3 rings (SSSR count). The van der Waals surface area contributed by atoms with Crippen LogP contribution in [0.2, 0.25) is 0 Å². The van der Waals surface area contributed by atoms with Crippen molar-refractivity contribution in [3.8, 4) is 11.5 Å². The van der Waals surface area contributed by atoms with Crippen LogP contribution in [-0.4, -0.2) is 69.2 Å². The molecule has 2 amide bonds. The molecule has 0 bridgehead atoms. The van der Waals surface area contributed by atoms with E-state index in [0.717, 1.165) is 4.90 Å². The third-order valence-corrected chi connectivity index (χ3v) is 5.57. The number of carbonyl (C=O) groups excluding carboxylic acids is 2. The smallest absolute Gasteiger partial charge is 0.331 e. The first-order chi connectivity index (χ1) is 16.6. The lowest BCUT2D eigenvalue weighted by Gasteiger charge is -2.42. The molecule has 1 aliphatic rings. The van der Waals surface area contributed by atoms with Gasteiger partial charge in [-0.05, 0) is 35.4 Å². The molecule has 12 nitrogen and oxygen atoms in total. The molecule has 0 aromatic heterocycles. The van der Waals surface area contributed by atoms with Crippen molar-refractivity contribution in [1.29, 1.82) is 0 Å². The Hall–Kier alpha value is -4.16. The number of nitrogens with two attached hydrogens (primary N) is 2. The number of hydrogen-bond acceptors (Lipinski definition) is 8. The topological polar surface area (TPSA) is 206 Å². The van der Waals surface area contributed by atoms with Crippen LogP contribution in [0.15, 0.2) is 48.5 Å². The summed E-state index contributed by atoms with van der Waals surface area (Å²) in [6.07, 6.45) is 0.126. The van der Waals surface area contributed by atoms with Gasteiger partial charge in [0.2, 0.25) is 11.8 Å². The van der Waals surface area contributed by atoms with Gasteiger partial charge in [-0.1, -0.05) is 24.3 Å². The zero-order valence-electron chi connectivity index (χ0n) is 18.5. The second-order valence-electron chi connectivity index (χ2n) is 8.01. The van der Waals surface area contributed by atoms with Crippen LogP contribution in [0.3, 0.4) is 0 Å². The molecule has 4 atom stereocenters. The number of phenolic OH excluding ortho intramolecular Hbond substituents is 1. The Morgan fingerprint density at radius 1 is 1.00 bits per heavy atom. The van der Waals surface area contributed by atoms with E-state index in [4.69, 9.17) is 21.3 Å². The lowest BCUT2D eigenvalue weighted by molar-refractivity contribution is -0.160. The van der Waals surface area contributed by atoms with Crippen LogP contribution in [0.5, 0.6) is 11.5 Å². The molecule has 2 aromatic rings. The molecule has 12 heteroatoms. The minimum atomic E-state index is -1.25. The van der Waals surface area contributed by atoms with Gasteiger partial charge in [-0.2, -0.15) is 0 Å². The second kappa shape index (κ2) is 10.8. The maximum absolute atomic E-state index is 12.6. The number of aliphatic carboxylic acids is 2. The van der Waals surface area contributed by atoms with Gasteiger partial charge < -0.3 is 41.7 Å². The molecule has 0 saturated carbocycles. The zero-order chi connectivity index (χ0) is 25.7. The Labute approximate surface area is 200 Å². The number of amides is 2. The monoisotopic (exact) mass is 486 g/mol. The Morgan fingerprint density at radius 3 is 2.14 bits per heavy atom.